The molecular weight excluding hydrogens is 296 g/mol. The summed E-state index contributed by atoms with van der Waals surface area (Å²) in [5.41, 5.74) is 1.78. The zero-order valence-electron chi connectivity index (χ0n) is 13.6. The summed E-state index contributed by atoms with van der Waals surface area (Å²) in [6.07, 6.45) is 3.28. The van der Waals surface area contributed by atoms with Gasteiger partial charge in [-0.3, -0.25) is 10.1 Å². The fourth-order valence-corrected chi connectivity index (χ4v) is 4.98. The van der Waals surface area contributed by atoms with Crippen molar-refractivity contribution in [1.29, 1.82) is 0 Å². The summed E-state index contributed by atoms with van der Waals surface area (Å²) in [6, 6.07) is 3.88. The molecule has 2 aliphatic rings. The van der Waals surface area contributed by atoms with Crippen molar-refractivity contribution in [2.75, 3.05) is 11.4 Å². The smallest absolute Gasteiger partial charge is 0.323 e. The maximum absolute atomic E-state index is 11.7. The Bertz CT molecular complexity index is 800. The molecule has 1 aliphatic heterocycles. The molecule has 2 bridgehead atoms. The molecule has 1 saturated heterocycles. The fourth-order valence-electron chi connectivity index (χ4n) is 4.98. The molecule has 23 heavy (non-hydrogen) atoms. The number of hydrogen-bond donors (Lipinski definition) is 0. The first-order valence-corrected chi connectivity index (χ1v) is 7.94. The third-order valence-corrected chi connectivity index (χ3v) is 5.29. The summed E-state index contributed by atoms with van der Waals surface area (Å²) in [5, 5.41) is 19.1. The molecule has 2 heterocycles. The van der Waals surface area contributed by atoms with E-state index in [-0.39, 0.29) is 27.0 Å². The molecule has 2 atom stereocenters. The van der Waals surface area contributed by atoms with Crippen LogP contribution in [0.25, 0.3) is 11.0 Å². The van der Waals surface area contributed by atoms with Crippen LogP contribution in [0.2, 0.25) is 0 Å². The van der Waals surface area contributed by atoms with Crippen molar-refractivity contribution in [1.82, 2.24) is 10.3 Å². The molecule has 0 N–H and O–H groups in total. The molecule has 0 amide bonds. The number of nitro groups is 1. The van der Waals surface area contributed by atoms with Crippen LogP contribution in [0.5, 0.6) is 0 Å². The normalized spacial score (nSPS) is 29.2. The summed E-state index contributed by atoms with van der Waals surface area (Å²) < 4.78 is 4.69. The number of rotatable bonds is 2. The van der Waals surface area contributed by atoms with Gasteiger partial charge < -0.3 is 4.90 Å². The number of nitrogens with zero attached hydrogens (tertiary/aromatic N) is 4. The molecule has 1 aliphatic carbocycles. The van der Waals surface area contributed by atoms with Gasteiger partial charge in [-0.1, -0.05) is 20.8 Å². The zero-order valence-corrected chi connectivity index (χ0v) is 13.6. The van der Waals surface area contributed by atoms with Crippen LogP contribution in [0.3, 0.4) is 0 Å². The number of benzene rings is 1. The van der Waals surface area contributed by atoms with E-state index in [0.717, 1.165) is 25.8 Å². The zero-order chi connectivity index (χ0) is 16.4. The van der Waals surface area contributed by atoms with E-state index in [2.05, 4.69) is 40.6 Å². The molecule has 2 fully saturated rings. The van der Waals surface area contributed by atoms with Crippen LogP contribution in [0, 0.1) is 20.9 Å². The number of aromatic nitrogens is 2. The van der Waals surface area contributed by atoms with Crippen LogP contribution in [-0.2, 0) is 0 Å². The van der Waals surface area contributed by atoms with Crippen molar-refractivity contribution in [3.8, 4) is 0 Å². The van der Waals surface area contributed by atoms with Gasteiger partial charge in [-0.05, 0) is 52.5 Å². The van der Waals surface area contributed by atoms with E-state index >= 15 is 0 Å². The Hall–Kier alpha value is -2.18. The molecule has 0 spiro atoms. The first kappa shape index (κ1) is 14.4. The number of fused-ring (bicyclic) bond motifs is 3. The Kier molecular flexibility index (Phi) is 2.77. The van der Waals surface area contributed by atoms with Crippen LogP contribution < -0.4 is 4.90 Å². The molecule has 1 aromatic heterocycles. The van der Waals surface area contributed by atoms with Gasteiger partial charge in [-0.15, -0.1) is 0 Å². The summed E-state index contributed by atoms with van der Waals surface area (Å²) in [5.74, 6) is 0. The van der Waals surface area contributed by atoms with Gasteiger partial charge in [0.15, 0.2) is 0 Å². The average Bonchev–Trinajstić information content (AvgIpc) is 2.97. The van der Waals surface area contributed by atoms with Gasteiger partial charge in [0.2, 0.25) is 5.52 Å². The molecule has 2 aromatic rings. The predicted octanol–water partition coefficient (Wildman–Crippen LogP) is 3.54. The quantitative estimate of drug-likeness (QED) is 0.622. The van der Waals surface area contributed by atoms with Crippen LogP contribution in [0.4, 0.5) is 11.4 Å². The Labute approximate surface area is 133 Å². The maximum atomic E-state index is 11.7. The number of anilines is 1. The van der Waals surface area contributed by atoms with E-state index in [9.17, 15) is 10.1 Å². The molecule has 0 radical (unpaired) electrons. The minimum atomic E-state index is -0.363. The third-order valence-electron chi connectivity index (χ3n) is 5.29. The number of nitro benzene ring substituents is 1. The minimum absolute atomic E-state index is 0.0118. The van der Waals surface area contributed by atoms with Gasteiger partial charge in [-0.25, -0.2) is 4.63 Å². The molecule has 2 unspecified atom stereocenters. The molecule has 4 rings (SSSR count). The van der Waals surface area contributed by atoms with Gasteiger partial charge in [0.25, 0.3) is 0 Å². The monoisotopic (exact) mass is 316 g/mol. The van der Waals surface area contributed by atoms with Crippen molar-refractivity contribution in [3.05, 3.63) is 22.2 Å². The molecule has 1 aromatic carbocycles. The average molecular weight is 316 g/mol. The molecular formula is C16H20N4O3. The topological polar surface area (TPSA) is 85.3 Å². The van der Waals surface area contributed by atoms with E-state index in [0.29, 0.717) is 17.2 Å². The van der Waals surface area contributed by atoms with Crippen molar-refractivity contribution in [2.45, 2.75) is 46.1 Å². The number of hydrogen-bond acceptors (Lipinski definition) is 6. The summed E-state index contributed by atoms with van der Waals surface area (Å²) in [6.45, 7) is 7.72. The van der Waals surface area contributed by atoms with E-state index < -0.39 is 0 Å². The first-order valence-electron chi connectivity index (χ1n) is 7.94. The highest BCUT2D eigenvalue weighted by Crippen LogP contribution is 2.54. The molecule has 7 heteroatoms. The highest BCUT2D eigenvalue weighted by atomic mass is 16.6. The largest absolute Gasteiger partial charge is 0.362 e. The van der Waals surface area contributed by atoms with E-state index in [1.807, 2.05) is 0 Å². The Morgan fingerprint density at radius 3 is 2.83 bits per heavy atom. The summed E-state index contributed by atoms with van der Waals surface area (Å²) >= 11 is 0. The Morgan fingerprint density at radius 1 is 1.30 bits per heavy atom. The van der Waals surface area contributed by atoms with Crippen molar-refractivity contribution in [2.24, 2.45) is 10.8 Å². The van der Waals surface area contributed by atoms with Gasteiger partial charge in [-0.2, -0.15) is 0 Å². The van der Waals surface area contributed by atoms with Crippen LogP contribution in [-0.4, -0.2) is 27.8 Å². The van der Waals surface area contributed by atoms with Crippen LogP contribution in [0.1, 0.15) is 40.0 Å². The molecule has 1 saturated carbocycles. The lowest BCUT2D eigenvalue weighted by atomic mass is 9.65. The van der Waals surface area contributed by atoms with Crippen molar-refractivity contribution >= 4 is 22.4 Å². The Balaban J connectivity index is 1.84. The van der Waals surface area contributed by atoms with Gasteiger partial charge in [0, 0.05) is 12.6 Å². The lowest BCUT2D eigenvalue weighted by Gasteiger charge is -2.39. The van der Waals surface area contributed by atoms with Gasteiger partial charge in [0.1, 0.15) is 11.2 Å². The van der Waals surface area contributed by atoms with Gasteiger partial charge in [0.05, 0.1) is 4.92 Å². The van der Waals surface area contributed by atoms with Crippen LogP contribution in [0.15, 0.2) is 16.8 Å². The van der Waals surface area contributed by atoms with Crippen molar-refractivity contribution < 1.29 is 9.55 Å². The SMILES string of the molecule is CC1(C)CC2CC(C)(CN2c2ccc3nonc3c2[N+](=O)[O-])C1. The standard InChI is InChI=1S/C16H20N4O3/c1-15(2)6-10-7-16(3,8-15)9-19(10)12-5-4-11-13(18-23-17-11)14(12)20(21)22/h4-5,10H,6-9H2,1-3H3. The summed E-state index contributed by atoms with van der Waals surface area (Å²) in [7, 11) is 0. The predicted molar refractivity (Wildman–Crippen MR) is 85.3 cm³/mol. The lowest BCUT2D eigenvalue weighted by Crippen LogP contribution is -2.34. The molecule has 7 nitrogen and oxygen atoms in total. The van der Waals surface area contributed by atoms with E-state index in [1.54, 1.807) is 12.1 Å². The summed E-state index contributed by atoms with van der Waals surface area (Å²) in [4.78, 5) is 13.5. The first-order chi connectivity index (χ1) is 10.8. The highest BCUT2D eigenvalue weighted by molar-refractivity contribution is 5.91. The maximum Gasteiger partial charge on any atom is 0.323 e. The second-order valence-corrected chi connectivity index (χ2v) is 8.16. The van der Waals surface area contributed by atoms with Crippen molar-refractivity contribution in [3.63, 3.8) is 0 Å². The second-order valence-electron chi connectivity index (χ2n) is 8.16. The van der Waals surface area contributed by atoms with E-state index in [4.69, 9.17) is 0 Å². The lowest BCUT2D eigenvalue weighted by molar-refractivity contribution is -0.382. The minimum Gasteiger partial charge on any atom is -0.362 e. The Morgan fingerprint density at radius 2 is 2.09 bits per heavy atom. The van der Waals surface area contributed by atoms with E-state index in [1.165, 1.54) is 0 Å². The van der Waals surface area contributed by atoms with Gasteiger partial charge >= 0.3 is 5.69 Å². The fraction of sp³-hybridized carbons (Fsp3) is 0.625. The highest BCUT2D eigenvalue weighted by Gasteiger charge is 2.50. The molecule has 122 valence electrons. The third kappa shape index (κ3) is 2.17. The van der Waals surface area contributed by atoms with Crippen LogP contribution >= 0.6 is 0 Å². The second kappa shape index (κ2) is 4.43.